The second-order valence-electron chi connectivity index (χ2n) is 6.61. The van der Waals surface area contributed by atoms with Gasteiger partial charge < -0.3 is 19.7 Å². The highest BCUT2D eigenvalue weighted by Crippen LogP contribution is 2.22. The van der Waals surface area contributed by atoms with Crippen LogP contribution in [0.15, 0.2) is 47.4 Å². The van der Waals surface area contributed by atoms with E-state index in [1.807, 2.05) is 30.5 Å². The van der Waals surface area contributed by atoms with Crippen LogP contribution in [0.25, 0.3) is 0 Å². The van der Waals surface area contributed by atoms with Gasteiger partial charge in [0.15, 0.2) is 12.3 Å². The Labute approximate surface area is 174 Å². The Bertz CT molecular complexity index is 856. The topological polar surface area (TPSA) is 97.6 Å². The lowest BCUT2D eigenvalue weighted by Gasteiger charge is -2.20. The molecule has 2 rings (SSSR count). The molecule has 0 fully saturated rings. The van der Waals surface area contributed by atoms with Crippen LogP contribution in [0.1, 0.15) is 15.9 Å². The zero-order valence-electron chi connectivity index (χ0n) is 16.8. The highest BCUT2D eigenvalue weighted by molar-refractivity contribution is 7.98. The second kappa shape index (κ2) is 10.3. The van der Waals surface area contributed by atoms with E-state index in [-0.39, 0.29) is 17.2 Å². The molecule has 0 bridgehead atoms. The van der Waals surface area contributed by atoms with Gasteiger partial charge in [-0.3, -0.25) is 4.79 Å². The van der Waals surface area contributed by atoms with E-state index in [0.717, 1.165) is 10.5 Å². The summed E-state index contributed by atoms with van der Waals surface area (Å²) in [5, 5.41) is 19.2. The van der Waals surface area contributed by atoms with Gasteiger partial charge in [0.25, 0.3) is 5.91 Å². The van der Waals surface area contributed by atoms with Gasteiger partial charge in [-0.2, -0.15) is 5.23 Å². The SMILES string of the molecule is CSc1ccc(CN(C)C(=O)COC(=O)c2cc([NH+]([O-])O)ccc2N(C)C)cc1. The number of thioether (sulfide) groups is 1. The minimum atomic E-state index is -1.15. The molecule has 2 aromatic carbocycles. The number of amides is 1. The zero-order chi connectivity index (χ0) is 21.6. The maximum atomic E-state index is 12.5. The summed E-state index contributed by atoms with van der Waals surface area (Å²) in [4.78, 5) is 29.1. The number of nitrogens with one attached hydrogen (secondary N) is 1. The quantitative estimate of drug-likeness (QED) is 0.382. The molecule has 2 N–H and O–H groups in total. The first-order valence-electron chi connectivity index (χ1n) is 8.81. The number of likely N-dealkylation sites (N-methyl/N-ethyl adjacent to an activating group) is 1. The number of anilines is 1. The molecule has 0 aliphatic carbocycles. The number of hydrogen-bond acceptors (Lipinski definition) is 7. The summed E-state index contributed by atoms with van der Waals surface area (Å²) in [7, 11) is 5.09. The van der Waals surface area contributed by atoms with Crippen molar-refractivity contribution in [2.24, 2.45) is 0 Å². The first kappa shape index (κ1) is 22.7. The monoisotopic (exact) mass is 419 g/mol. The smallest absolute Gasteiger partial charge is 0.340 e. The highest BCUT2D eigenvalue weighted by Gasteiger charge is 2.19. The number of rotatable bonds is 8. The Kier molecular flexibility index (Phi) is 8.03. The minimum absolute atomic E-state index is 0.0281. The minimum Gasteiger partial charge on any atom is -0.595 e. The molecule has 9 heteroatoms. The molecule has 156 valence electrons. The fourth-order valence-corrected chi connectivity index (χ4v) is 3.04. The van der Waals surface area contributed by atoms with E-state index in [0.29, 0.717) is 12.2 Å². The largest absolute Gasteiger partial charge is 0.595 e. The predicted octanol–water partition coefficient (Wildman–Crippen LogP) is 1.69. The zero-order valence-corrected chi connectivity index (χ0v) is 17.7. The number of esters is 1. The summed E-state index contributed by atoms with van der Waals surface area (Å²) in [6.07, 6.45) is 1.99. The summed E-state index contributed by atoms with van der Waals surface area (Å²) in [6, 6.07) is 12.1. The van der Waals surface area contributed by atoms with Crippen LogP contribution < -0.4 is 10.1 Å². The van der Waals surface area contributed by atoms with Crippen molar-refractivity contribution in [3.8, 4) is 0 Å². The molecular weight excluding hydrogens is 394 g/mol. The molecule has 0 saturated heterocycles. The van der Waals surface area contributed by atoms with E-state index < -0.39 is 17.8 Å². The fraction of sp³-hybridized carbons (Fsp3) is 0.300. The third kappa shape index (κ3) is 6.20. The Morgan fingerprint density at radius 3 is 2.34 bits per heavy atom. The average molecular weight is 420 g/mol. The number of hydrogen-bond donors (Lipinski definition) is 2. The number of nitrogens with zero attached hydrogens (tertiary/aromatic N) is 2. The summed E-state index contributed by atoms with van der Waals surface area (Å²) in [5.74, 6) is -1.10. The van der Waals surface area contributed by atoms with Gasteiger partial charge in [0.05, 0.1) is 11.3 Å². The fourth-order valence-electron chi connectivity index (χ4n) is 2.63. The van der Waals surface area contributed by atoms with Gasteiger partial charge in [0, 0.05) is 44.7 Å². The lowest BCUT2D eigenvalue weighted by atomic mass is 10.1. The van der Waals surface area contributed by atoms with Crippen molar-refractivity contribution in [1.82, 2.24) is 4.90 Å². The first-order valence-corrected chi connectivity index (χ1v) is 10.0. The number of quaternary nitrogens is 1. The molecule has 0 spiro atoms. The third-order valence-electron chi connectivity index (χ3n) is 4.28. The molecule has 0 radical (unpaired) electrons. The van der Waals surface area contributed by atoms with Crippen molar-refractivity contribution in [2.75, 3.05) is 38.9 Å². The lowest BCUT2D eigenvalue weighted by molar-refractivity contribution is -0.991. The van der Waals surface area contributed by atoms with Crippen LogP contribution in [0.3, 0.4) is 0 Å². The van der Waals surface area contributed by atoms with Crippen molar-refractivity contribution < 1.29 is 24.8 Å². The Morgan fingerprint density at radius 2 is 1.79 bits per heavy atom. The molecule has 1 unspecified atom stereocenters. The van der Waals surface area contributed by atoms with Gasteiger partial charge in [0.1, 0.15) is 0 Å². The second-order valence-corrected chi connectivity index (χ2v) is 7.49. The van der Waals surface area contributed by atoms with Crippen LogP contribution in [0.5, 0.6) is 0 Å². The summed E-state index contributed by atoms with van der Waals surface area (Å²) < 4.78 is 5.16. The van der Waals surface area contributed by atoms with E-state index in [9.17, 15) is 14.8 Å². The Balaban J connectivity index is 2.01. The van der Waals surface area contributed by atoms with Gasteiger partial charge in [-0.15, -0.1) is 11.8 Å². The maximum Gasteiger partial charge on any atom is 0.340 e. The van der Waals surface area contributed by atoms with Gasteiger partial charge in [-0.1, -0.05) is 12.1 Å². The molecule has 29 heavy (non-hydrogen) atoms. The van der Waals surface area contributed by atoms with Crippen molar-refractivity contribution in [3.05, 3.63) is 58.8 Å². The third-order valence-corrected chi connectivity index (χ3v) is 5.02. The molecule has 1 atom stereocenters. The maximum absolute atomic E-state index is 12.5. The van der Waals surface area contributed by atoms with Crippen molar-refractivity contribution in [3.63, 3.8) is 0 Å². The predicted molar refractivity (Wildman–Crippen MR) is 112 cm³/mol. The van der Waals surface area contributed by atoms with Gasteiger partial charge in [0.2, 0.25) is 0 Å². The summed E-state index contributed by atoms with van der Waals surface area (Å²) in [6.45, 7) is -0.0368. The number of carbonyl (C=O) groups excluding carboxylic acids is 2. The van der Waals surface area contributed by atoms with E-state index in [4.69, 9.17) is 9.94 Å². The van der Waals surface area contributed by atoms with Gasteiger partial charge in [-0.05, 0) is 30.0 Å². The van der Waals surface area contributed by atoms with Crippen molar-refractivity contribution in [1.29, 1.82) is 0 Å². The van der Waals surface area contributed by atoms with E-state index >= 15 is 0 Å². The number of ether oxygens (including phenoxy) is 1. The molecule has 8 nitrogen and oxygen atoms in total. The van der Waals surface area contributed by atoms with Crippen molar-refractivity contribution in [2.45, 2.75) is 11.4 Å². The van der Waals surface area contributed by atoms with Crippen LogP contribution in [0.2, 0.25) is 0 Å². The van der Waals surface area contributed by atoms with Gasteiger partial charge in [-0.25, -0.2) is 10.0 Å². The Hall–Kier alpha value is -2.59. The van der Waals surface area contributed by atoms with Crippen LogP contribution >= 0.6 is 11.8 Å². The normalized spacial score (nSPS) is 11.7. The molecule has 0 aliphatic rings. The molecule has 2 aromatic rings. The molecule has 0 aromatic heterocycles. The van der Waals surface area contributed by atoms with E-state index in [1.165, 1.54) is 23.1 Å². The number of benzene rings is 2. The molecule has 0 saturated carbocycles. The Morgan fingerprint density at radius 1 is 1.14 bits per heavy atom. The molecular formula is C20H25N3O5S. The molecule has 1 amide bonds. The molecule has 0 heterocycles. The van der Waals surface area contributed by atoms with Crippen LogP contribution in [0.4, 0.5) is 11.4 Å². The van der Waals surface area contributed by atoms with E-state index in [2.05, 4.69) is 0 Å². The first-order chi connectivity index (χ1) is 13.7. The molecule has 0 aliphatic heterocycles. The standard InChI is InChI=1S/C20H25N3O5S/c1-21(2)18-10-7-15(23(26)27)11-17(18)20(25)28-13-19(24)22(3)12-14-5-8-16(29-4)9-6-14/h5-11,23,26H,12-13H2,1-4H3. The lowest BCUT2D eigenvalue weighted by Crippen LogP contribution is -2.99. The van der Waals surface area contributed by atoms with Crippen LogP contribution in [0, 0.1) is 5.21 Å². The highest BCUT2D eigenvalue weighted by atomic mass is 32.2. The summed E-state index contributed by atoms with van der Waals surface area (Å²) >= 11 is 1.64. The van der Waals surface area contributed by atoms with Crippen LogP contribution in [-0.4, -0.2) is 56.0 Å². The van der Waals surface area contributed by atoms with Crippen LogP contribution in [-0.2, 0) is 16.1 Å². The van der Waals surface area contributed by atoms with Gasteiger partial charge >= 0.3 is 5.97 Å². The number of carbonyl (C=O) groups is 2. The average Bonchev–Trinajstić information content (AvgIpc) is 2.71. The summed E-state index contributed by atoms with van der Waals surface area (Å²) in [5.41, 5.74) is 1.54. The van der Waals surface area contributed by atoms with Crippen molar-refractivity contribution >= 4 is 35.0 Å². The van der Waals surface area contributed by atoms with E-state index in [1.54, 1.807) is 37.8 Å².